The average molecular weight is 1240 g/mol. The number of halogens is 2. The van der Waals surface area contributed by atoms with Crippen molar-refractivity contribution in [3.63, 3.8) is 0 Å². The van der Waals surface area contributed by atoms with Crippen LogP contribution in [-0.4, -0.2) is 100 Å². The van der Waals surface area contributed by atoms with Gasteiger partial charge in [-0.1, -0.05) is 106 Å². The predicted octanol–water partition coefficient (Wildman–Crippen LogP) is 11.3. The highest BCUT2D eigenvalue weighted by Gasteiger charge is 2.37. The zero-order valence-electron chi connectivity index (χ0n) is 54.4. The average Bonchev–Trinajstić information content (AvgIpc) is 0.809. The zero-order chi connectivity index (χ0) is 67.0. The Bertz CT molecular complexity index is 3520. The Kier molecular flexibility index (Phi) is 25.6. The number of nitrogens with two attached hydrogens (primary N) is 3. The number of amides is 2. The Labute approximate surface area is 528 Å². The number of aryl methyl sites for hydroxylation is 2. The summed E-state index contributed by atoms with van der Waals surface area (Å²) < 4.78 is 40.5. The highest BCUT2D eigenvalue weighted by atomic mass is 19.1. The van der Waals surface area contributed by atoms with Gasteiger partial charge in [0.25, 0.3) is 0 Å². The Hall–Kier alpha value is -8.44. The summed E-state index contributed by atoms with van der Waals surface area (Å²) in [5, 5.41) is 30.0. The summed E-state index contributed by atoms with van der Waals surface area (Å²) >= 11 is 0. The summed E-state index contributed by atoms with van der Waals surface area (Å²) in [6.07, 6.45) is -0.594. The SMILES string of the molecule is CC(C)(C)c1ccc(O)c(F)c1.CC(C)(C)c1ccc(O)cc1.Cc1nc(-c2ccc(C(C)(C)C)cc2F)nc(C)c1C(=O)C[C@@H](CCN)C(=O)N(C)[C@@H]1C(=O)C[C@@H](C)C(=O)N[C@H](C(=O)CCC#N)Cc2ccc(OCCN)c(c2)-c2cc1ccc2OCCN. The zero-order valence-corrected chi connectivity index (χ0v) is 54.4. The lowest BCUT2D eigenvalue weighted by Gasteiger charge is -2.32. The van der Waals surface area contributed by atoms with Crippen molar-refractivity contribution in [2.24, 2.45) is 29.0 Å². The highest BCUT2D eigenvalue weighted by molar-refractivity contribution is 6.01. The molecule has 2 heterocycles. The Morgan fingerprint density at radius 2 is 1.24 bits per heavy atom. The second kappa shape index (κ2) is 31.8. The number of ketones is 3. The van der Waals surface area contributed by atoms with Crippen molar-refractivity contribution < 1.29 is 52.4 Å². The molecular weight excluding hydrogens is 1150 g/mol. The number of Topliss-reactive ketones (excluding diaryl/α,β-unsaturated/α-hetero) is 3. The van der Waals surface area contributed by atoms with Crippen molar-refractivity contribution in [3.05, 3.63) is 153 Å². The highest BCUT2D eigenvalue weighted by Crippen LogP contribution is 2.41. The number of rotatable bonds is 17. The maximum absolute atomic E-state index is 15.4. The lowest BCUT2D eigenvalue weighted by Crippen LogP contribution is -2.46. The van der Waals surface area contributed by atoms with Gasteiger partial charge in [0.1, 0.15) is 42.3 Å². The van der Waals surface area contributed by atoms with Crippen molar-refractivity contribution in [1.29, 1.82) is 5.26 Å². The van der Waals surface area contributed by atoms with Gasteiger partial charge in [0, 0.05) is 68.8 Å². The molecule has 0 fully saturated rings. The molecule has 0 radical (unpaired) electrons. The molecule has 90 heavy (non-hydrogen) atoms. The van der Waals surface area contributed by atoms with Gasteiger partial charge in [-0.3, -0.25) is 24.0 Å². The van der Waals surface area contributed by atoms with Gasteiger partial charge in [-0.25, -0.2) is 18.7 Å². The molecule has 1 aliphatic heterocycles. The van der Waals surface area contributed by atoms with Crippen LogP contribution in [0.2, 0.25) is 0 Å². The lowest BCUT2D eigenvalue weighted by atomic mass is 9.86. The fraction of sp³-hybridized carbons (Fsp3) is 0.437. The quantitative estimate of drug-likeness (QED) is 0.0463. The normalized spacial score (nSPS) is 15.5. The number of nitriles is 1. The Morgan fingerprint density at radius 3 is 1.77 bits per heavy atom. The molecule has 1 aliphatic rings. The molecule has 4 bridgehead atoms. The number of hydrogen-bond donors (Lipinski definition) is 6. The van der Waals surface area contributed by atoms with E-state index in [1.54, 1.807) is 81.4 Å². The molecule has 7 rings (SSSR count). The Morgan fingerprint density at radius 1 is 0.711 bits per heavy atom. The van der Waals surface area contributed by atoms with Crippen LogP contribution in [0, 0.1) is 48.6 Å². The molecule has 0 saturated carbocycles. The summed E-state index contributed by atoms with van der Waals surface area (Å²) in [5.74, 6) is -4.38. The molecule has 9 N–H and O–H groups in total. The van der Waals surface area contributed by atoms with Crippen molar-refractivity contribution in [2.75, 3.05) is 39.9 Å². The molecule has 1 aromatic heterocycles. The molecule has 5 aromatic carbocycles. The first-order valence-electron chi connectivity index (χ1n) is 30.3. The van der Waals surface area contributed by atoms with Gasteiger partial charge in [-0.05, 0) is 138 Å². The standard InChI is InChI=1S/C51H63FN8O7.C10H13FO.C10H14O/c1-29-23-43(63)47(60(7)50(65)34(16-18-54)27-42(62)46-30(2)57-48(58-31(46)3)36-13-12-35(28-39(36)52)51(4,5)6)33-11-15-45(67-22-20-56)38(26-33)37-24-32(10-14-44(37)66-21-19-55)25-40(59-49(29)64)41(61)9-8-17-53;1-10(2,3)7-4-5-9(12)8(11)6-7;1-10(2,3)8-4-6-9(11)7-5-8/h10-15,24,26,28-29,34,40,47H,8-9,16,18-23,25,27,54-56H2,1-7H3,(H,59,64);4-6,12H,1-3H3;4-7,11H,1-3H3/t29-,34-,40+,47+;;/m1../s1. The maximum atomic E-state index is 15.4. The number of benzene rings is 5. The summed E-state index contributed by atoms with van der Waals surface area (Å²) in [6, 6.07) is 26.8. The third-order valence-corrected chi connectivity index (χ3v) is 15.5. The van der Waals surface area contributed by atoms with Gasteiger partial charge >= 0.3 is 0 Å². The number of carbonyl (C=O) groups is 5. The molecule has 0 unspecified atom stereocenters. The van der Waals surface area contributed by atoms with E-state index in [0.717, 1.165) is 11.1 Å². The first kappa shape index (κ1) is 72.3. The van der Waals surface area contributed by atoms with E-state index < -0.39 is 58.9 Å². The van der Waals surface area contributed by atoms with Crippen LogP contribution in [0.3, 0.4) is 0 Å². The van der Waals surface area contributed by atoms with Crippen LogP contribution in [0.1, 0.15) is 157 Å². The number of nitrogens with zero attached hydrogens (tertiary/aromatic N) is 4. The minimum absolute atomic E-state index is 0.0398. The van der Waals surface area contributed by atoms with E-state index in [-0.39, 0.29) is 116 Å². The first-order chi connectivity index (χ1) is 42.2. The molecule has 2 amide bonds. The minimum atomic E-state index is -1.28. The molecule has 0 saturated heterocycles. The fourth-order valence-electron chi connectivity index (χ4n) is 10.3. The van der Waals surface area contributed by atoms with E-state index in [4.69, 9.17) is 36.9 Å². The van der Waals surface area contributed by atoms with Crippen molar-refractivity contribution >= 4 is 29.2 Å². The molecule has 0 spiro atoms. The van der Waals surface area contributed by atoms with Crippen LogP contribution in [0.25, 0.3) is 22.5 Å². The van der Waals surface area contributed by atoms with Crippen LogP contribution >= 0.6 is 0 Å². The van der Waals surface area contributed by atoms with Gasteiger partial charge in [-0.15, -0.1) is 0 Å². The molecule has 17 nitrogen and oxygen atoms in total. The summed E-state index contributed by atoms with van der Waals surface area (Å²) in [6.45, 7) is 24.0. The maximum Gasteiger partial charge on any atom is 0.226 e. The number of likely N-dealkylation sites (N-methyl/N-ethyl adjacent to an activating group) is 1. The van der Waals surface area contributed by atoms with E-state index in [2.05, 4.69) is 36.1 Å². The van der Waals surface area contributed by atoms with Crippen molar-refractivity contribution in [2.45, 2.75) is 150 Å². The van der Waals surface area contributed by atoms with Gasteiger partial charge in [-0.2, -0.15) is 5.26 Å². The van der Waals surface area contributed by atoms with Crippen molar-refractivity contribution in [1.82, 2.24) is 20.2 Å². The van der Waals surface area contributed by atoms with Crippen LogP contribution < -0.4 is 32.0 Å². The molecule has 482 valence electrons. The number of aromatic nitrogens is 2. The number of phenolic OH excluding ortho intramolecular Hbond substituents is 2. The van der Waals surface area contributed by atoms with Gasteiger partial charge < -0.3 is 47.1 Å². The number of fused-ring (bicyclic) bond motifs is 5. The smallest absolute Gasteiger partial charge is 0.226 e. The Balaban J connectivity index is 0.000000530. The monoisotopic (exact) mass is 1240 g/mol. The number of phenols is 2. The number of nitrogens with one attached hydrogen (secondary N) is 1. The number of ether oxygens (including phenoxy) is 2. The van der Waals surface area contributed by atoms with Crippen LogP contribution in [0.4, 0.5) is 8.78 Å². The van der Waals surface area contributed by atoms with E-state index in [1.165, 1.54) is 35.7 Å². The second-order valence-electron chi connectivity index (χ2n) is 25.8. The molecule has 0 aliphatic carbocycles. The predicted molar refractivity (Wildman–Crippen MR) is 346 cm³/mol. The van der Waals surface area contributed by atoms with Crippen LogP contribution in [-0.2, 0) is 41.8 Å². The fourth-order valence-corrected chi connectivity index (χ4v) is 10.3. The molecule has 4 atom stereocenters. The largest absolute Gasteiger partial charge is 0.508 e. The van der Waals surface area contributed by atoms with Gasteiger partial charge in [0.15, 0.2) is 34.7 Å². The molecular formula is C71H90F2N8O9. The topological polar surface area (TPSA) is 287 Å². The van der Waals surface area contributed by atoms with Crippen LogP contribution in [0.15, 0.2) is 97.1 Å². The first-order valence-corrected chi connectivity index (χ1v) is 30.3. The number of aromatic hydroxyl groups is 2. The lowest BCUT2D eigenvalue weighted by molar-refractivity contribution is -0.142. The van der Waals surface area contributed by atoms with Crippen molar-refractivity contribution in [3.8, 4) is 51.6 Å². The summed E-state index contributed by atoms with van der Waals surface area (Å²) in [7, 11) is 1.47. The van der Waals surface area contributed by atoms with E-state index in [0.29, 0.717) is 50.9 Å². The minimum Gasteiger partial charge on any atom is -0.508 e. The molecule has 19 heteroatoms. The number of carbonyl (C=O) groups excluding carboxylic acids is 5. The number of hydrogen-bond acceptors (Lipinski definition) is 15. The van der Waals surface area contributed by atoms with Gasteiger partial charge in [0.2, 0.25) is 11.8 Å². The van der Waals surface area contributed by atoms with Crippen LogP contribution in [0.5, 0.6) is 23.0 Å². The second-order valence-corrected chi connectivity index (χ2v) is 25.8. The van der Waals surface area contributed by atoms with Gasteiger partial charge in [0.05, 0.1) is 34.6 Å². The van der Waals surface area contributed by atoms with E-state index in [9.17, 15) is 33.6 Å². The summed E-state index contributed by atoms with van der Waals surface area (Å²) in [4.78, 5) is 81.5. The summed E-state index contributed by atoms with van der Waals surface area (Å²) in [5.41, 5.74) is 23.6. The molecule has 6 aromatic rings. The third-order valence-electron chi connectivity index (χ3n) is 15.5. The third kappa shape index (κ3) is 19.5. The van der Waals surface area contributed by atoms with E-state index >= 15 is 4.39 Å². The van der Waals surface area contributed by atoms with E-state index in [1.807, 2.05) is 65.8 Å².